The van der Waals surface area contributed by atoms with Gasteiger partial charge in [0.05, 0.1) is 11.3 Å². The zero-order chi connectivity index (χ0) is 14.0. The van der Waals surface area contributed by atoms with Crippen LogP contribution in [-0.2, 0) is 0 Å². The van der Waals surface area contributed by atoms with Crippen molar-refractivity contribution >= 4 is 29.1 Å². The summed E-state index contributed by atoms with van der Waals surface area (Å²) >= 11 is 5.91. The molecule has 0 aliphatic carbocycles. The second-order valence-electron chi connectivity index (χ2n) is 4.12. The molecule has 0 spiro atoms. The maximum atomic E-state index is 12.2. The molecule has 0 saturated heterocycles. The molecule has 1 amide bonds. The van der Waals surface area contributed by atoms with E-state index in [2.05, 4.69) is 15.8 Å². The number of hydrogen-bond acceptors (Lipinski definition) is 4. The Bertz CT molecular complexity index is 622. The van der Waals surface area contributed by atoms with Gasteiger partial charge in [-0.1, -0.05) is 16.8 Å². The molecule has 0 unspecified atom stereocenters. The van der Waals surface area contributed by atoms with Crippen LogP contribution in [0.1, 0.15) is 21.6 Å². The second-order valence-corrected chi connectivity index (χ2v) is 4.55. The standard InChI is InChI=1S/C13H14ClN3O2/c1-7-8(2)17-19-13(7)16-12(18)10-6-9(14)4-5-11(10)15-3/h4-6,15H,1-3H3,(H,16,18). The number of rotatable bonds is 3. The van der Waals surface area contributed by atoms with Gasteiger partial charge in [-0.05, 0) is 32.0 Å². The lowest BCUT2D eigenvalue weighted by atomic mass is 10.1. The van der Waals surface area contributed by atoms with Crippen molar-refractivity contribution in [1.29, 1.82) is 0 Å². The minimum absolute atomic E-state index is 0.300. The van der Waals surface area contributed by atoms with Crippen LogP contribution in [-0.4, -0.2) is 18.1 Å². The molecule has 2 N–H and O–H groups in total. The Kier molecular flexibility index (Phi) is 3.76. The van der Waals surface area contributed by atoms with Crippen LogP contribution >= 0.6 is 11.6 Å². The van der Waals surface area contributed by atoms with E-state index in [1.165, 1.54) is 0 Å². The molecule has 100 valence electrons. The summed E-state index contributed by atoms with van der Waals surface area (Å²) in [6.45, 7) is 3.64. The second kappa shape index (κ2) is 5.32. The summed E-state index contributed by atoms with van der Waals surface area (Å²) in [4.78, 5) is 12.2. The smallest absolute Gasteiger partial charge is 0.260 e. The van der Waals surface area contributed by atoms with E-state index in [1.54, 1.807) is 25.2 Å². The first kappa shape index (κ1) is 13.4. The molecule has 0 radical (unpaired) electrons. The molecule has 0 atom stereocenters. The highest BCUT2D eigenvalue weighted by Gasteiger charge is 2.16. The summed E-state index contributed by atoms with van der Waals surface area (Å²) in [5.74, 6) is 0.0515. The number of halogens is 1. The molecule has 0 aliphatic rings. The quantitative estimate of drug-likeness (QED) is 0.905. The van der Waals surface area contributed by atoms with Crippen LogP contribution in [0.2, 0.25) is 5.02 Å². The predicted molar refractivity (Wildman–Crippen MR) is 74.9 cm³/mol. The van der Waals surface area contributed by atoms with Crippen LogP contribution in [0.3, 0.4) is 0 Å². The van der Waals surface area contributed by atoms with Crippen LogP contribution in [0.5, 0.6) is 0 Å². The van der Waals surface area contributed by atoms with E-state index in [4.69, 9.17) is 16.1 Å². The number of carbonyl (C=O) groups is 1. The molecule has 2 rings (SSSR count). The Morgan fingerprint density at radius 1 is 1.37 bits per heavy atom. The van der Waals surface area contributed by atoms with Crippen molar-refractivity contribution in [2.45, 2.75) is 13.8 Å². The SMILES string of the molecule is CNc1ccc(Cl)cc1C(=O)Nc1onc(C)c1C. The number of amides is 1. The maximum absolute atomic E-state index is 12.2. The van der Waals surface area contributed by atoms with Crippen molar-refractivity contribution < 1.29 is 9.32 Å². The monoisotopic (exact) mass is 279 g/mol. The summed E-state index contributed by atoms with van der Waals surface area (Å²) in [7, 11) is 1.74. The summed E-state index contributed by atoms with van der Waals surface area (Å²) in [5.41, 5.74) is 2.69. The molecule has 0 saturated carbocycles. The number of nitrogens with zero attached hydrogens (tertiary/aromatic N) is 1. The Hall–Kier alpha value is -2.01. The van der Waals surface area contributed by atoms with Crippen molar-refractivity contribution in [1.82, 2.24) is 5.16 Å². The van der Waals surface area contributed by atoms with Crippen LogP contribution in [0.15, 0.2) is 22.7 Å². The first-order chi connectivity index (χ1) is 9.02. The lowest BCUT2D eigenvalue weighted by molar-refractivity contribution is 0.102. The number of carbonyl (C=O) groups excluding carboxylic acids is 1. The van der Waals surface area contributed by atoms with E-state index < -0.39 is 0 Å². The molecule has 5 nitrogen and oxygen atoms in total. The van der Waals surface area contributed by atoms with E-state index >= 15 is 0 Å². The fraction of sp³-hybridized carbons (Fsp3) is 0.231. The molecular formula is C13H14ClN3O2. The number of hydrogen-bond donors (Lipinski definition) is 2. The number of benzene rings is 1. The van der Waals surface area contributed by atoms with Crippen LogP contribution in [0, 0.1) is 13.8 Å². The predicted octanol–water partition coefficient (Wildman–Crippen LogP) is 3.24. The fourth-order valence-electron chi connectivity index (χ4n) is 1.62. The Balaban J connectivity index is 2.30. The van der Waals surface area contributed by atoms with E-state index in [-0.39, 0.29) is 5.91 Å². The summed E-state index contributed by atoms with van der Waals surface area (Å²) < 4.78 is 5.06. The van der Waals surface area contributed by atoms with Gasteiger partial charge in [-0.2, -0.15) is 0 Å². The summed E-state index contributed by atoms with van der Waals surface area (Å²) in [5, 5.41) is 9.91. The highest BCUT2D eigenvalue weighted by atomic mass is 35.5. The molecule has 6 heteroatoms. The minimum atomic E-state index is -0.300. The van der Waals surface area contributed by atoms with Gasteiger partial charge in [0.2, 0.25) is 5.88 Å². The largest absolute Gasteiger partial charge is 0.387 e. The molecular weight excluding hydrogens is 266 g/mol. The third-order valence-electron chi connectivity index (χ3n) is 2.88. The molecule has 1 aromatic heterocycles. The minimum Gasteiger partial charge on any atom is -0.387 e. The Morgan fingerprint density at radius 3 is 2.68 bits per heavy atom. The molecule has 1 heterocycles. The van der Waals surface area contributed by atoms with Crippen molar-refractivity contribution in [2.24, 2.45) is 0 Å². The van der Waals surface area contributed by atoms with Gasteiger partial charge in [-0.3, -0.25) is 10.1 Å². The third-order valence-corrected chi connectivity index (χ3v) is 3.11. The van der Waals surface area contributed by atoms with Gasteiger partial charge in [0, 0.05) is 23.3 Å². The van der Waals surface area contributed by atoms with Crippen LogP contribution in [0.25, 0.3) is 0 Å². The van der Waals surface area contributed by atoms with Crippen LogP contribution < -0.4 is 10.6 Å². The van der Waals surface area contributed by atoms with Gasteiger partial charge in [-0.25, -0.2) is 0 Å². The zero-order valence-electron chi connectivity index (χ0n) is 10.9. The summed E-state index contributed by atoms with van der Waals surface area (Å²) in [6, 6.07) is 5.06. The van der Waals surface area contributed by atoms with Crippen molar-refractivity contribution in [2.75, 3.05) is 17.7 Å². The molecule has 19 heavy (non-hydrogen) atoms. The van der Waals surface area contributed by atoms with Crippen molar-refractivity contribution in [3.8, 4) is 0 Å². The Labute approximate surface area is 115 Å². The highest BCUT2D eigenvalue weighted by molar-refractivity contribution is 6.31. The Morgan fingerprint density at radius 2 is 2.11 bits per heavy atom. The van der Waals surface area contributed by atoms with E-state index in [9.17, 15) is 4.79 Å². The fourth-order valence-corrected chi connectivity index (χ4v) is 1.80. The molecule has 1 aromatic carbocycles. The first-order valence-corrected chi connectivity index (χ1v) is 6.12. The van der Waals surface area contributed by atoms with Crippen molar-refractivity contribution in [3.05, 3.63) is 40.0 Å². The molecule has 0 aliphatic heterocycles. The third kappa shape index (κ3) is 2.71. The van der Waals surface area contributed by atoms with Gasteiger partial charge < -0.3 is 9.84 Å². The van der Waals surface area contributed by atoms with Gasteiger partial charge in [0.25, 0.3) is 5.91 Å². The van der Waals surface area contributed by atoms with Crippen molar-refractivity contribution in [3.63, 3.8) is 0 Å². The van der Waals surface area contributed by atoms with E-state index in [0.29, 0.717) is 22.2 Å². The lowest BCUT2D eigenvalue weighted by Crippen LogP contribution is -2.14. The zero-order valence-corrected chi connectivity index (χ0v) is 11.6. The van der Waals surface area contributed by atoms with Gasteiger partial charge in [0.1, 0.15) is 0 Å². The number of aromatic nitrogens is 1. The number of nitrogens with one attached hydrogen (secondary N) is 2. The van der Waals surface area contributed by atoms with Gasteiger partial charge in [0.15, 0.2) is 0 Å². The topological polar surface area (TPSA) is 67.2 Å². The molecule has 0 fully saturated rings. The average molecular weight is 280 g/mol. The number of aryl methyl sites for hydroxylation is 1. The van der Waals surface area contributed by atoms with E-state index in [0.717, 1.165) is 11.3 Å². The lowest BCUT2D eigenvalue weighted by Gasteiger charge is -2.09. The van der Waals surface area contributed by atoms with Gasteiger partial charge >= 0.3 is 0 Å². The maximum Gasteiger partial charge on any atom is 0.260 e. The first-order valence-electron chi connectivity index (χ1n) is 5.74. The van der Waals surface area contributed by atoms with Gasteiger partial charge in [-0.15, -0.1) is 0 Å². The molecule has 2 aromatic rings. The highest BCUT2D eigenvalue weighted by Crippen LogP contribution is 2.23. The normalized spacial score (nSPS) is 10.3. The van der Waals surface area contributed by atoms with Crippen LogP contribution in [0.4, 0.5) is 11.6 Å². The average Bonchev–Trinajstić information content (AvgIpc) is 2.70. The summed E-state index contributed by atoms with van der Waals surface area (Å²) in [6.07, 6.45) is 0. The molecule has 0 bridgehead atoms. The van der Waals surface area contributed by atoms with E-state index in [1.807, 2.05) is 13.8 Å². The number of anilines is 2.